The van der Waals surface area contributed by atoms with E-state index in [1.54, 1.807) is 22.7 Å². The Labute approximate surface area is 432 Å². The van der Waals surface area contributed by atoms with Crippen molar-refractivity contribution in [2.24, 2.45) is 0 Å². The Morgan fingerprint density at radius 1 is 0.528 bits per heavy atom. The summed E-state index contributed by atoms with van der Waals surface area (Å²) in [4.78, 5) is 76.1. The molecule has 72 heavy (non-hydrogen) atoms. The number of ketones is 1. The number of Topliss-reactive ketones (excluding diaryl/α,β-unsaturated/α-hetero) is 1. The number of nitrogens with one attached hydrogen (secondary N) is 1. The predicted octanol–water partition coefficient (Wildman–Crippen LogP) is 11.3. The van der Waals surface area contributed by atoms with Gasteiger partial charge in [-0.25, -0.2) is 9.97 Å². The Balaban J connectivity index is 0.761. The lowest BCUT2D eigenvalue weighted by molar-refractivity contribution is -0.137. The summed E-state index contributed by atoms with van der Waals surface area (Å²) in [6.45, 7) is 7.63. The van der Waals surface area contributed by atoms with E-state index in [1.807, 2.05) is 82.9 Å². The fourth-order valence-electron chi connectivity index (χ4n) is 11.2. The second-order valence-corrected chi connectivity index (χ2v) is 22.2. The third kappa shape index (κ3) is 12.0. The molecule has 1 N–H and O–H groups in total. The molecule has 0 saturated carbocycles. The van der Waals surface area contributed by atoms with Crippen molar-refractivity contribution in [1.82, 2.24) is 34.9 Å². The highest BCUT2D eigenvalue weighted by Crippen LogP contribution is 2.42. The summed E-state index contributed by atoms with van der Waals surface area (Å²) in [6.07, 6.45) is 15.0. The van der Waals surface area contributed by atoms with Gasteiger partial charge in [-0.15, -0.1) is 22.7 Å². The zero-order chi connectivity index (χ0) is 49.2. The van der Waals surface area contributed by atoms with Crippen LogP contribution in [-0.2, 0) is 19.2 Å². The molecule has 4 aliphatic rings. The highest BCUT2D eigenvalue weighted by Gasteiger charge is 2.38. The first-order chi connectivity index (χ1) is 35.3. The molecule has 0 bridgehead atoms. The highest BCUT2D eigenvalue weighted by atomic mass is 32.1. The first kappa shape index (κ1) is 49.7. The normalized spacial score (nSPS) is 19.2. The standard InChI is InChI=1S/C59H67N7O4S2/c67-48(19-11-35-63-31-7-8-32-63)39-49(44-15-3-1-4-16-44)58(69)65-37-12-20-50(65)56-60-40-52(71-56)45-27-23-42(24-28-45)43-25-29-46(30-26-43)53-41-61-57(72-53)51-21-13-38-66(51)59(70)55(47-17-5-2-6-18-47)62-54(68)22-14-36-64-33-9-10-34-64/h1-6,15-18,23-30,40-41,49-51,55H,7-14,19-22,31-39H2,(H,62,68)/t49-,50+,51+,55-/m1/s1. The van der Waals surface area contributed by atoms with E-state index < -0.39 is 12.0 Å². The lowest BCUT2D eigenvalue weighted by Gasteiger charge is -2.28. The smallest absolute Gasteiger partial charge is 0.250 e. The maximum atomic E-state index is 14.4. The Morgan fingerprint density at radius 2 is 0.986 bits per heavy atom. The summed E-state index contributed by atoms with van der Waals surface area (Å²) in [5, 5.41) is 4.97. The van der Waals surface area contributed by atoms with Gasteiger partial charge in [0.1, 0.15) is 21.8 Å². The number of hydrogen-bond acceptors (Lipinski definition) is 10. The van der Waals surface area contributed by atoms with Crippen LogP contribution in [0.15, 0.2) is 122 Å². The average Bonchev–Trinajstić information content (AvgIpc) is 4.29. The van der Waals surface area contributed by atoms with E-state index in [0.29, 0.717) is 25.9 Å². The second kappa shape index (κ2) is 23.8. The molecule has 0 radical (unpaired) electrons. The first-order valence-electron chi connectivity index (χ1n) is 26.4. The molecule has 6 heterocycles. The minimum atomic E-state index is -0.742. The number of carbonyl (C=O) groups is 4. The quantitative estimate of drug-likeness (QED) is 0.0803. The topological polar surface area (TPSA) is 119 Å². The molecule has 374 valence electrons. The zero-order valence-electron chi connectivity index (χ0n) is 41.3. The van der Waals surface area contributed by atoms with Crippen LogP contribution in [-0.4, -0.2) is 105 Å². The van der Waals surface area contributed by atoms with E-state index in [0.717, 1.165) is 131 Å². The number of rotatable bonds is 20. The van der Waals surface area contributed by atoms with Crippen LogP contribution in [0.25, 0.3) is 32.0 Å². The van der Waals surface area contributed by atoms with Crippen molar-refractivity contribution in [3.05, 3.63) is 143 Å². The van der Waals surface area contributed by atoms with Crippen LogP contribution in [0.1, 0.15) is 129 Å². The van der Waals surface area contributed by atoms with Gasteiger partial charge in [0.2, 0.25) is 17.7 Å². The molecule has 4 aromatic carbocycles. The maximum Gasteiger partial charge on any atom is 0.250 e. The van der Waals surface area contributed by atoms with Gasteiger partial charge in [-0.3, -0.25) is 19.2 Å². The van der Waals surface area contributed by atoms with Crippen molar-refractivity contribution in [2.75, 3.05) is 52.4 Å². The highest BCUT2D eigenvalue weighted by molar-refractivity contribution is 7.15. The van der Waals surface area contributed by atoms with Gasteiger partial charge in [-0.2, -0.15) is 0 Å². The number of hydrogen-bond donors (Lipinski definition) is 1. The number of nitrogens with zero attached hydrogens (tertiary/aromatic N) is 6. The molecular weight excluding hydrogens is 935 g/mol. The van der Waals surface area contributed by atoms with Gasteiger partial charge in [0.15, 0.2) is 0 Å². The Morgan fingerprint density at radius 3 is 1.50 bits per heavy atom. The molecule has 0 aliphatic carbocycles. The minimum Gasteiger partial charge on any atom is -0.341 e. The fourth-order valence-corrected chi connectivity index (χ4v) is 13.4. The molecule has 11 nitrogen and oxygen atoms in total. The SMILES string of the molecule is O=C(CCCN1CCCC1)C[C@@H](C(=O)N1CCC[C@H]1c1ncc(-c2ccc(-c3ccc(-c4cnc([C@@H]5CCCN5C(=O)[C@H](NC(=O)CCCN5CCCC5)c5ccccc5)s4)cc3)cc2)s1)c1ccccc1. The molecule has 6 aromatic rings. The van der Waals surface area contributed by atoms with Gasteiger partial charge >= 0.3 is 0 Å². The van der Waals surface area contributed by atoms with E-state index in [1.165, 1.54) is 25.7 Å². The molecule has 13 heteroatoms. The summed E-state index contributed by atoms with van der Waals surface area (Å²) in [5.41, 5.74) is 6.08. The molecule has 0 unspecified atom stereocenters. The molecule has 4 aliphatic heterocycles. The van der Waals surface area contributed by atoms with Crippen molar-refractivity contribution in [3.8, 4) is 32.0 Å². The summed E-state index contributed by atoms with van der Waals surface area (Å²) in [5.74, 6) is -0.471. The number of aromatic nitrogens is 2. The summed E-state index contributed by atoms with van der Waals surface area (Å²) in [6, 6.07) is 35.7. The molecule has 4 atom stereocenters. The van der Waals surface area contributed by atoms with E-state index in [-0.39, 0.29) is 42.0 Å². The Kier molecular flexibility index (Phi) is 16.4. The van der Waals surface area contributed by atoms with E-state index in [9.17, 15) is 19.2 Å². The average molecular weight is 1000 g/mol. The zero-order valence-corrected chi connectivity index (χ0v) is 43.0. The molecule has 10 rings (SSSR count). The maximum absolute atomic E-state index is 14.4. The number of amides is 3. The van der Waals surface area contributed by atoms with Crippen LogP contribution >= 0.6 is 22.7 Å². The third-order valence-corrected chi connectivity index (χ3v) is 17.5. The predicted molar refractivity (Wildman–Crippen MR) is 287 cm³/mol. The molecule has 4 saturated heterocycles. The van der Waals surface area contributed by atoms with Gasteiger partial charge in [-0.1, -0.05) is 109 Å². The van der Waals surface area contributed by atoms with Crippen LogP contribution in [0, 0.1) is 0 Å². The van der Waals surface area contributed by atoms with Crippen LogP contribution in [0.3, 0.4) is 0 Å². The van der Waals surface area contributed by atoms with Crippen molar-refractivity contribution < 1.29 is 19.2 Å². The van der Waals surface area contributed by atoms with E-state index in [2.05, 4.69) is 63.6 Å². The lowest BCUT2D eigenvalue weighted by Crippen LogP contribution is -2.42. The Hall–Kier alpha value is -5.86. The molecule has 2 aromatic heterocycles. The molecular formula is C59H67N7O4S2. The molecule has 4 fully saturated rings. The third-order valence-electron chi connectivity index (χ3n) is 15.2. The van der Waals surface area contributed by atoms with E-state index in [4.69, 9.17) is 9.97 Å². The van der Waals surface area contributed by atoms with Crippen LogP contribution in [0.4, 0.5) is 0 Å². The van der Waals surface area contributed by atoms with E-state index >= 15 is 0 Å². The monoisotopic (exact) mass is 1000 g/mol. The second-order valence-electron chi connectivity index (χ2n) is 20.1. The molecule has 3 amide bonds. The van der Waals surface area contributed by atoms with Crippen LogP contribution in [0.2, 0.25) is 0 Å². The van der Waals surface area contributed by atoms with Crippen LogP contribution < -0.4 is 5.32 Å². The van der Waals surface area contributed by atoms with Gasteiger partial charge in [0.05, 0.1) is 27.8 Å². The van der Waals surface area contributed by atoms with Gasteiger partial charge in [0, 0.05) is 44.7 Å². The van der Waals surface area contributed by atoms with Crippen molar-refractivity contribution in [1.29, 1.82) is 0 Å². The lowest BCUT2D eigenvalue weighted by atomic mass is 9.91. The van der Waals surface area contributed by atoms with Crippen molar-refractivity contribution in [3.63, 3.8) is 0 Å². The Bertz CT molecular complexity index is 2560. The van der Waals surface area contributed by atoms with Gasteiger partial charge in [0.25, 0.3) is 0 Å². The van der Waals surface area contributed by atoms with Crippen molar-refractivity contribution in [2.45, 2.75) is 108 Å². The molecule has 0 spiro atoms. The first-order valence-corrected chi connectivity index (χ1v) is 28.1. The number of carbonyl (C=O) groups excluding carboxylic acids is 4. The summed E-state index contributed by atoms with van der Waals surface area (Å²) < 4.78 is 0. The largest absolute Gasteiger partial charge is 0.341 e. The number of thiazole rings is 2. The minimum absolute atomic E-state index is 0.0285. The number of likely N-dealkylation sites (tertiary alicyclic amines) is 4. The fraction of sp³-hybridized carbons (Fsp3) is 0.424. The summed E-state index contributed by atoms with van der Waals surface area (Å²) in [7, 11) is 0. The van der Waals surface area contributed by atoms with Crippen molar-refractivity contribution >= 4 is 46.2 Å². The summed E-state index contributed by atoms with van der Waals surface area (Å²) >= 11 is 3.28. The van der Waals surface area contributed by atoms with Gasteiger partial charge < -0.3 is 24.9 Å². The van der Waals surface area contributed by atoms with Gasteiger partial charge in [-0.05, 0) is 137 Å². The van der Waals surface area contributed by atoms with Crippen LogP contribution in [0.5, 0.6) is 0 Å². The number of benzene rings is 4.